The van der Waals surface area contributed by atoms with E-state index in [-0.39, 0.29) is 0 Å². The number of hydrogen-bond acceptors (Lipinski definition) is 7. The van der Waals surface area contributed by atoms with E-state index in [1.54, 1.807) is 17.8 Å². The first kappa shape index (κ1) is 23.7. The summed E-state index contributed by atoms with van der Waals surface area (Å²) in [5.74, 6) is 9.03. The second-order valence-corrected chi connectivity index (χ2v) is 10.8. The van der Waals surface area contributed by atoms with Crippen LogP contribution in [0.1, 0.15) is 42.4 Å². The third-order valence-corrected chi connectivity index (χ3v) is 8.15. The highest BCUT2D eigenvalue weighted by Crippen LogP contribution is 2.36. The van der Waals surface area contributed by atoms with Gasteiger partial charge in [-0.25, -0.2) is 14.5 Å². The van der Waals surface area contributed by atoms with Crippen LogP contribution in [0.4, 0.5) is 5.82 Å². The molecule has 8 rings (SSSR count). The molecule has 0 aromatic carbocycles. The van der Waals surface area contributed by atoms with Crippen LogP contribution in [0.3, 0.4) is 0 Å². The molecule has 4 fully saturated rings. The van der Waals surface area contributed by atoms with Gasteiger partial charge in [0.2, 0.25) is 5.88 Å². The zero-order valence-corrected chi connectivity index (χ0v) is 21.9. The fraction of sp³-hybridized carbons (Fsp3) is 0.355. The topological polar surface area (TPSA) is 82.6 Å². The van der Waals surface area contributed by atoms with Gasteiger partial charge in [0.1, 0.15) is 11.9 Å². The van der Waals surface area contributed by atoms with Crippen molar-refractivity contribution in [3.63, 3.8) is 0 Å². The summed E-state index contributed by atoms with van der Waals surface area (Å²) in [4.78, 5) is 14.2. The fourth-order valence-corrected chi connectivity index (χ4v) is 5.81. The van der Waals surface area contributed by atoms with Crippen LogP contribution in [-0.2, 0) is 6.54 Å². The Balaban J connectivity index is 1.09. The number of nitrogens with zero attached hydrogens (tertiary/aromatic N) is 7. The number of piperidine rings is 1. The first-order valence-corrected chi connectivity index (χ1v) is 13.5. The third kappa shape index (κ3) is 4.58. The number of methoxy groups -OCH3 is 1. The zero-order chi connectivity index (χ0) is 26.3. The molecule has 194 valence electrons. The van der Waals surface area contributed by atoms with Crippen molar-refractivity contribution in [2.24, 2.45) is 5.92 Å². The second kappa shape index (κ2) is 9.72. The van der Waals surface area contributed by atoms with Gasteiger partial charge in [0.05, 0.1) is 24.4 Å². The molecule has 4 aromatic rings. The minimum Gasteiger partial charge on any atom is -0.481 e. The van der Waals surface area contributed by atoms with Gasteiger partial charge >= 0.3 is 0 Å². The molecule has 2 bridgehead atoms. The number of ether oxygens (including phenoxy) is 1. The predicted octanol–water partition coefficient (Wildman–Crippen LogP) is 4.29. The van der Waals surface area contributed by atoms with Gasteiger partial charge in [-0.05, 0) is 48.9 Å². The fourth-order valence-electron chi connectivity index (χ4n) is 5.81. The maximum Gasteiger partial charge on any atom is 0.212 e. The van der Waals surface area contributed by atoms with Crippen LogP contribution < -0.4 is 9.64 Å². The minimum absolute atomic E-state index is 0.517. The zero-order valence-electron chi connectivity index (χ0n) is 21.9. The van der Waals surface area contributed by atoms with Crippen molar-refractivity contribution in [3.8, 4) is 34.9 Å². The summed E-state index contributed by atoms with van der Waals surface area (Å²) >= 11 is 0. The summed E-state index contributed by atoms with van der Waals surface area (Å²) in [6.07, 6.45) is 12.1. The van der Waals surface area contributed by atoms with E-state index in [4.69, 9.17) is 9.72 Å². The van der Waals surface area contributed by atoms with Crippen molar-refractivity contribution in [2.75, 3.05) is 25.1 Å². The Kier molecular flexibility index (Phi) is 5.91. The standard InChI is InChI=1S/C31H29N7O/c1-39-30-10-7-23(14-34-30)17-37-26-12-27(37)20-36(19-26)29-9-8-24(15-33-29)28-11-22(4-2-3-21-5-6-21)18-38-31(28)25(13-32)16-35-38/h7-11,14-16,18,21,26-27H,3,5-6,12,17,19-20H2,1H3. The molecule has 0 spiro atoms. The van der Waals surface area contributed by atoms with Crippen molar-refractivity contribution in [2.45, 2.75) is 44.3 Å². The highest BCUT2D eigenvalue weighted by atomic mass is 16.5. The lowest BCUT2D eigenvalue weighted by atomic mass is 9.87. The Morgan fingerprint density at radius 1 is 1.05 bits per heavy atom. The van der Waals surface area contributed by atoms with E-state index in [1.807, 2.05) is 24.7 Å². The van der Waals surface area contributed by atoms with Crippen molar-refractivity contribution in [1.82, 2.24) is 24.5 Å². The average Bonchev–Trinajstić information content (AvgIpc) is 3.72. The van der Waals surface area contributed by atoms with Crippen LogP contribution >= 0.6 is 0 Å². The molecule has 0 N–H and O–H groups in total. The van der Waals surface area contributed by atoms with Crippen LogP contribution in [0.2, 0.25) is 0 Å². The van der Waals surface area contributed by atoms with E-state index in [0.717, 1.165) is 60.0 Å². The van der Waals surface area contributed by atoms with Gasteiger partial charge in [-0.3, -0.25) is 4.90 Å². The molecule has 4 aromatic heterocycles. The Bertz CT molecular complexity index is 1610. The molecule has 1 aliphatic carbocycles. The molecule has 39 heavy (non-hydrogen) atoms. The van der Waals surface area contributed by atoms with Crippen LogP contribution in [-0.4, -0.2) is 56.8 Å². The van der Waals surface area contributed by atoms with Crippen LogP contribution in [0, 0.1) is 29.1 Å². The normalized spacial score (nSPS) is 20.2. The van der Waals surface area contributed by atoms with Crippen molar-refractivity contribution in [1.29, 1.82) is 5.26 Å². The summed E-state index contributed by atoms with van der Waals surface area (Å²) in [6.45, 7) is 2.84. The largest absolute Gasteiger partial charge is 0.481 e. The molecule has 1 saturated carbocycles. The maximum atomic E-state index is 9.69. The SMILES string of the molecule is COc1ccc(CN2C3CC2CN(c2ccc(-c4cc(C#CCC5CC5)cn5ncc(C#N)c45)cn2)C3)cn1. The summed E-state index contributed by atoms with van der Waals surface area (Å²) in [5, 5.41) is 14.1. The highest BCUT2D eigenvalue weighted by molar-refractivity contribution is 5.85. The summed E-state index contributed by atoms with van der Waals surface area (Å²) < 4.78 is 6.96. The monoisotopic (exact) mass is 515 g/mol. The molecule has 0 radical (unpaired) electrons. The van der Waals surface area contributed by atoms with E-state index in [1.165, 1.54) is 24.8 Å². The van der Waals surface area contributed by atoms with Gasteiger partial charge in [-0.15, -0.1) is 0 Å². The molecule has 0 amide bonds. The maximum absolute atomic E-state index is 9.69. The first-order chi connectivity index (χ1) is 19.2. The molecule has 7 heterocycles. The highest BCUT2D eigenvalue weighted by Gasteiger charge is 2.44. The number of rotatable bonds is 6. The van der Waals surface area contributed by atoms with E-state index in [0.29, 0.717) is 23.5 Å². The van der Waals surface area contributed by atoms with Gasteiger partial charge in [-0.1, -0.05) is 17.9 Å². The van der Waals surface area contributed by atoms with Crippen molar-refractivity contribution in [3.05, 3.63) is 71.8 Å². The molecule has 8 heteroatoms. The molecule has 8 nitrogen and oxygen atoms in total. The lowest BCUT2D eigenvalue weighted by Gasteiger charge is -2.56. The molecule has 3 aliphatic heterocycles. The number of hydrogen-bond donors (Lipinski definition) is 0. The summed E-state index contributed by atoms with van der Waals surface area (Å²) in [6, 6.07) is 13.6. The van der Waals surface area contributed by atoms with Gasteiger partial charge in [-0.2, -0.15) is 10.4 Å². The van der Waals surface area contributed by atoms with E-state index >= 15 is 0 Å². The van der Waals surface area contributed by atoms with Crippen LogP contribution in [0.5, 0.6) is 5.88 Å². The summed E-state index contributed by atoms with van der Waals surface area (Å²) in [5.41, 5.74) is 5.35. The first-order valence-electron chi connectivity index (χ1n) is 13.5. The lowest BCUT2D eigenvalue weighted by Crippen LogP contribution is -2.68. The Morgan fingerprint density at radius 3 is 2.62 bits per heavy atom. The molecular formula is C31H29N7O. The molecule has 2 atom stereocenters. The minimum atomic E-state index is 0.517. The smallest absolute Gasteiger partial charge is 0.212 e. The number of anilines is 1. The Morgan fingerprint density at radius 2 is 1.92 bits per heavy atom. The second-order valence-electron chi connectivity index (χ2n) is 10.8. The predicted molar refractivity (Wildman–Crippen MR) is 148 cm³/mol. The Hall–Kier alpha value is -4.40. The lowest BCUT2D eigenvalue weighted by molar-refractivity contribution is -0.00876. The van der Waals surface area contributed by atoms with E-state index in [9.17, 15) is 5.26 Å². The van der Waals surface area contributed by atoms with Crippen LogP contribution in [0.25, 0.3) is 16.6 Å². The summed E-state index contributed by atoms with van der Waals surface area (Å²) in [7, 11) is 1.64. The van der Waals surface area contributed by atoms with Gasteiger partial charge < -0.3 is 9.64 Å². The number of aromatic nitrogens is 4. The van der Waals surface area contributed by atoms with Crippen molar-refractivity contribution >= 4 is 11.3 Å². The molecular weight excluding hydrogens is 486 g/mol. The number of piperazine rings is 1. The van der Waals surface area contributed by atoms with Crippen molar-refractivity contribution < 1.29 is 4.74 Å². The number of pyridine rings is 3. The van der Waals surface area contributed by atoms with Crippen LogP contribution in [0.15, 0.2) is 55.1 Å². The van der Waals surface area contributed by atoms with Gasteiger partial charge in [0.25, 0.3) is 0 Å². The van der Waals surface area contributed by atoms with E-state index in [2.05, 4.69) is 62.1 Å². The number of nitriles is 1. The quantitative estimate of drug-likeness (QED) is 0.354. The molecule has 4 aliphatic rings. The van der Waals surface area contributed by atoms with E-state index < -0.39 is 0 Å². The third-order valence-electron chi connectivity index (χ3n) is 8.15. The number of fused-ring (bicyclic) bond motifs is 3. The Labute approximate surface area is 227 Å². The van der Waals surface area contributed by atoms with Gasteiger partial charge in [0.15, 0.2) is 0 Å². The van der Waals surface area contributed by atoms with Gasteiger partial charge in [0, 0.05) is 79.5 Å². The molecule has 3 saturated heterocycles. The molecule has 2 unspecified atom stereocenters. The average molecular weight is 516 g/mol.